The fourth-order valence-corrected chi connectivity index (χ4v) is 2.51. The lowest BCUT2D eigenvalue weighted by Crippen LogP contribution is -1.90. The van der Waals surface area contributed by atoms with Crippen LogP contribution in [0.4, 0.5) is 0 Å². The first-order valence-corrected chi connectivity index (χ1v) is 6.54. The fraction of sp³-hybridized carbons (Fsp3) is 0. The normalized spacial score (nSPS) is 12.1. The van der Waals surface area contributed by atoms with E-state index in [2.05, 4.69) is 4.98 Å². The van der Waals surface area contributed by atoms with Gasteiger partial charge in [-0.05, 0) is 17.5 Å². The molecule has 0 fully saturated rings. The Hall–Kier alpha value is -0.650. The van der Waals surface area contributed by atoms with E-state index in [1.54, 1.807) is 0 Å². The van der Waals surface area contributed by atoms with Crippen LogP contribution in [-0.2, 0) is 9.05 Å². The summed E-state index contributed by atoms with van der Waals surface area (Å²) >= 11 is 1.43. The van der Waals surface area contributed by atoms with E-state index >= 15 is 0 Å². The van der Waals surface area contributed by atoms with Gasteiger partial charge in [-0.3, -0.25) is 4.98 Å². The molecule has 0 atom stereocenters. The summed E-state index contributed by atoms with van der Waals surface area (Å²) in [6.07, 6.45) is 1.26. The highest BCUT2D eigenvalue weighted by molar-refractivity contribution is 8.13. The van der Waals surface area contributed by atoms with Crippen LogP contribution in [0.2, 0.25) is 0 Å². The standard InChI is InChI=1S/C7H4ClNO2S2/c8-13(10,11)5-3-7-6(9-4-5)1-2-12-7/h1-4H. The zero-order valence-electron chi connectivity index (χ0n) is 6.27. The molecule has 0 N–H and O–H groups in total. The average molecular weight is 234 g/mol. The van der Waals surface area contributed by atoms with Crippen molar-refractivity contribution in [3.63, 3.8) is 0 Å². The average Bonchev–Trinajstić information content (AvgIpc) is 2.47. The molecule has 2 heterocycles. The van der Waals surface area contributed by atoms with E-state index in [1.807, 2.05) is 11.4 Å². The van der Waals surface area contributed by atoms with Crippen LogP contribution in [0.25, 0.3) is 10.2 Å². The minimum Gasteiger partial charge on any atom is -0.254 e. The first kappa shape index (κ1) is 8.93. The largest absolute Gasteiger partial charge is 0.262 e. The van der Waals surface area contributed by atoms with Gasteiger partial charge in [0.05, 0.1) is 10.2 Å². The van der Waals surface area contributed by atoms with Gasteiger partial charge in [0.2, 0.25) is 0 Å². The molecule has 0 aromatic carbocycles. The SMILES string of the molecule is O=S(=O)(Cl)c1cnc2ccsc2c1. The van der Waals surface area contributed by atoms with Gasteiger partial charge in [-0.25, -0.2) is 8.42 Å². The summed E-state index contributed by atoms with van der Waals surface area (Å²) in [4.78, 5) is 4.00. The third-order valence-electron chi connectivity index (χ3n) is 1.56. The fourth-order valence-electron chi connectivity index (χ4n) is 0.962. The second-order valence-corrected chi connectivity index (χ2v) is 5.93. The van der Waals surface area contributed by atoms with Crippen molar-refractivity contribution in [1.29, 1.82) is 0 Å². The Morgan fingerprint density at radius 2 is 2.23 bits per heavy atom. The van der Waals surface area contributed by atoms with Crippen LogP contribution in [0.15, 0.2) is 28.6 Å². The molecule has 6 heteroatoms. The molecule has 0 saturated heterocycles. The van der Waals surface area contributed by atoms with E-state index in [0.717, 1.165) is 10.2 Å². The lowest BCUT2D eigenvalue weighted by molar-refractivity contribution is 0.609. The summed E-state index contributed by atoms with van der Waals surface area (Å²) < 4.78 is 22.7. The molecule has 0 unspecified atom stereocenters. The van der Waals surface area contributed by atoms with E-state index < -0.39 is 9.05 Å². The molecule has 68 valence electrons. The summed E-state index contributed by atoms with van der Waals surface area (Å²) in [5.41, 5.74) is 0.786. The molecule has 0 spiro atoms. The van der Waals surface area contributed by atoms with Gasteiger partial charge in [-0.2, -0.15) is 0 Å². The molecule has 0 radical (unpaired) electrons. The molecular formula is C7H4ClNO2S2. The number of aromatic nitrogens is 1. The van der Waals surface area contributed by atoms with Crippen LogP contribution in [0.3, 0.4) is 0 Å². The van der Waals surface area contributed by atoms with Gasteiger partial charge in [0.1, 0.15) is 4.90 Å². The van der Waals surface area contributed by atoms with Gasteiger partial charge in [-0.15, -0.1) is 11.3 Å². The molecule has 13 heavy (non-hydrogen) atoms. The highest BCUT2D eigenvalue weighted by atomic mass is 35.7. The number of nitrogens with zero attached hydrogens (tertiary/aromatic N) is 1. The third kappa shape index (κ3) is 1.67. The molecule has 0 aliphatic heterocycles. The predicted molar refractivity (Wildman–Crippen MR) is 52.7 cm³/mol. The summed E-state index contributed by atoms with van der Waals surface area (Å²) in [6.45, 7) is 0. The third-order valence-corrected chi connectivity index (χ3v) is 3.73. The number of thiophene rings is 1. The van der Waals surface area contributed by atoms with Gasteiger partial charge in [-0.1, -0.05) is 0 Å². The predicted octanol–water partition coefficient (Wildman–Crippen LogP) is 2.22. The second-order valence-electron chi connectivity index (χ2n) is 2.41. The molecule has 2 aromatic heterocycles. The maximum Gasteiger partial charge on any atom is 0.262 e. The van der Waals surface area contributed by atoms with Gasteiger partial charge < -0.3 is 0 Å². The van der Waals surface area contributed by atoms with E-state index in [0.29, 0.717) is 0 Å². The summed E-state index contributed by atoms with van der Waals surface area (Å²) in [5, 5.41) is 1.85. The number of hydrogen-bond donors (Lipinski definition) is 0. The van der Waals surface area contributed by atoms with Crippen LogP contribution < -0.4 is 0 Å². The Balaban J connectivity index is 2.75. The van der Waals surface area contributed by atoms with Crippen molar-refractivity contribution in [3.8, 4) is 0 Å². The van der Waals surface area contributed by atoms with Crippen molar-refractivity contribution in [1.82, 2.24) is 4.98 Å². The van der Waals surface area contributed by atoms with Crippen molar-refractivity contribution in [2.24, 2.45) is 0 Å². The Labute approximate surface area is 83.4 Å². The quantitative estimate of drug-likeness (QED) is 0.710. The topological polar surface area (TPSA) is 47.0 Å². The molecule has 2 aromatic rings. The zero-order chi connectivity index (χ0) is 9.47. The highest BCUT2D eigenvalue weighted by Crippen LogP contribution is 2.23. The smallest absolute Gasteiger partial charge is 0.254 e. The molecule has 0 amide bonds. The van der Waals surface area contributed by atoms with Gasteiger partial charge >= 0.3 is 0 Å². The molecular weight excluding hydrogens is 230 g/mol. The van der Waals surface area contributed by atoms with Crippen LogP contribution in [0.1, 0.15) is 0 Å². The van der Waals surface area contributed by atoms with Crippen LogP contribution in [0.5, 0.6) is 0 Å². The number of halogens is 1. The molecule has 2 rings (SSSR count). The van der Waals surface area contributed by atoms with Crippen molar-refractivity contribution < 1.29 is 8.42 Å². The summed E-state index contributed by atoms with van der Waals surface area (Å²) in [7, 11) is 1.51. The van der Waals surface area contributed by atoms with Crippen molar-refractivity contribution in [2.75, 3.05) is 0 Å². The molecule has 3 nitrogen and oxygen atoms in total. The Bertz CT molecular complexity index is 546. The Morgan fingerprint density at radius 3 is 2.92 bits per heavy atom. The van der Waals surface area contributed by atoms with Crippen molar-refractivity contribution in [3.05, 3.63) is 23.7 Å². The van der Waals surface area contributed by atoms with Crippen LogP contribution in [0, 0.1) is 0 Å². The lowest BCUT2D eigenvalue weighted by atomic mass is 10.4. The van der Waals surface area contributed by atoms with Crippen molar-refractivity contribution in [2.45, 2.75) is 4.90 Å². The highest BCUT2D eigenvalue weighted by Gasteiger charge is 2.11. The molecule has 0 aliphatic rings. The van der Waals surface area contributed by atoms with Gasteiger partial charge in [0.25, 0.3) is 9.05 Å². The van der Waals surface area contributed by atoms with E-state index in [9.17, 15) is 8.42 Å². The van der Waals surface area contributed by atoms with Gasteiger partial charge in [0.15, 0.2) is 0 Å². The molecule has 0 saturated carbocycles. The van der Waals surface area contributed by atoms with E-state index in [1.165, 1.54) is 23.6 Å². The lowest BCUT2D eigenvalue weighted by Gasteiger charge is -1.94. The summed E-state index contributed by atoms with van der Waals surface area (Å²) in [6, 6.07) is 3.35. The van der Waals surface area contributed by atoms with Crippen LogP contribution in [-0.4, -0.2) is 13.4 Å². The maximum atomic E-state index is 10.9. The number of pyridine rings is 1. The van der Waals surface area contributed by atoms with Gasteiger partial charge in [0, 0.05) is 16.9 Å². The minimum atomic E-state index is -3.66. The second kappa shape index (κ2) is 2.94. The maximum absolute atomic E-state index is 10.9. The zero-order valence-corrected chi connectivity index (χ0v) is 8.66. The van der Waals surface area contributed by atoms with Crippen LogP contribution >= 0.6 is 22.0 Å². The van der Waals surface area contributed by atoms with E-state index in [4.69, 9.17) is 10.7 Å². The first-order chi connectivity index (χ1) is 6.07. The Kier molecular flexibility index (Phi) is 2.02. The molecule has 0 aliphatic carbocycles. The number of rotatable bonds is 1. The summed E-state index contributed by atoms with van der Waals surface area (Å²) in [5.74, 6) is 0. The first-order valence-electron chi connectivity index (χ1n) is 3.35. The number of hydrogen-bond acceptors (Lipinski definition) is 4. The number of fused-ring (bicyclic) bond motifs is 1. The minimum absolute atomic E-state index is 0.0455. The van der Waals surface area contributed by atoms with Crippen molar-refractivity contribution >= 4 is 41.3 Å². The monoisotopic (exact) mass is 233 g/mol. The van der Waals surface area contributed by atoms with E-state index in [-0.39, 0.29) is 4.90 Å². The Morgan fingerprint density at radius 1 is 1.46 bits per heavy atom. The molecule has 0 bridgehead atoms.